The first-order valence-electron chi connectivity index (χ1n) is 5.32. The van der Waals surface area contributed by atoms with Crippen molar-refractivity contribution in [1.29, 1.82) is 0 Å². The Morgan fingerprint density at radius 1 is 1.47 bits per heavy atom. The third kappa shape index (κ3) is 2.19. The Balaban J connectivity index is 2.04. The molecule has 3 nitrogen and oxygen atoms in total. The zero-order valence-corrected chi connectivity index (χ0v) is 8.69. The summed E-state index contributed by atoms with van der Waals surface area (Å²) < 4.78 is 12.4. The van der Waals surface area contributed by atoms with Crippen LogP contribution in [0, 0.1) is 5.92 Å². The van der Waals surface area contributed by atoms with Gasteiger partial charge in [0.05, 0.1) is 12.4 Å². The van der Waals surface area contributed by atoms with Gasteiger partial charge in [-0.05, 0) is 30.9 Å². The molecule has 0 bridgehead atoms. The molecule has 2 rings (SSSR count). The van der Waals surface area contributed by atoms with Gasteiger partial charge in [-0.3, -0.25) is 4.39 Å². The molecule has 1 saturated heterocycles. The lowest BCUT2D eigenvalue weighted by Crippen LogP contribution is -2.35. The maximum absolute atomic E-state index is 12.4. The van der Waals surface area contributed by atoms with Crippen molar-refractivity contribution >= 4 is 11.5 Å². The highest BCUT2D eigenvalue weighted by molar-refractivity contribution is 5.62. The van der Waals surface area contributed by atoms with Crippen LogP contribution in [0.15, 0.2) is 18.3 Å². The minimum absolute atomic E-state index is 0.203. The van der Waals surface area contributed by atoms with Crippen LogP contribution in [-0.2, 0) is 0 Å². The molecule has 0 radical (unpaired) electrons. The molecule has 0 atom stereocenters. The van der Waals surface area contributed by atoms with E-state index in [4.69, 9.17) is 5.73 Å². The number of hydrogen-bond donors (Lipinski definition) is 1. The average Bonchev–Trinajstić information content (AvgIpc) is 2.30. The van der Waals surface area contributed by atoms with Crippen LogP contribution in [0.2, 0.25) is 0 Å². The molecule has 1 fully saturated rings. The normalized spacial score (nSPS) is 18.1. The maximum Gasteiger partial charge on any atom is 0.151 e. The fourth-order valence-corrected chi connectivity index (χ4v) is 1.97. The molecule has 1 aromatic rings. The standard InChI is InChI=1S/C11H16FN3/c12-8-9-3-6-15(7-4-9)11-10(13)2-1-5-14-11/h1-2,5,9H,3-4,6-8,13H2. The van der Waals surface area contributed by atoms with E-state index in [1.807, 2.05) is 12.1 Å². The topological polar surface area (TPSA) is 42.1 Å². The van der Waals surface area contributed by atoms with E-state index in [1.54, 1.807) is 6.20 Å². The van der Waals surface area contributed by atoms with Crippen LogP contribution in [0.25, 0.3) is 0 Å². The molecule has 1 aromatic heterocycles. The van der Waals surface area contributed by atoms with Crippen LogP contribution >= 0.6 is 0 Å². The summed E-state index contributed by atoms with van der Waals surface area (Å²) in [5.41, 5.74) is 6.55. The largest absolute Gasteiger partial charge is 0.396 e. The number of aromatic nitrogens is 1. The number of hydrogen-bond acceptors (Lipinski definition) is 3. The number of nitrogen functional groups attached to an aromatic ring is 1. The Morgan fingerprint density at radius 3 is 2.80 bits per heavy atom. The van der Waals surface area contributed by atoms with E-state index >= 15 is 0 Å². The van der Waals surface area contributed by atoms with E-state index in [0.717, 1.165) is 31.7 Å². The average molecular weight is 209 g/mol. The zero-order chi connectivity index (χ0) is 10.7. The highest BCUT2D eigenvalue weighted by Crippen LogP contribution is 2.25. The Hall–Kier alpha value is -1.32. The van der Waals surface area contributed by atoms with E-state index in [2.05, 4.69) is 9.88 Å². The van der Waals surface area contributed by atoms with Crippen LogP contribution in [-0.4, -0.2) is 24.7 Å². The Labute approximate surface area is 89.1 Å². The molecule has 15 heavy (non-hydrogen) atoms. The third-order valence-electron chi connectivity index (χ3n) is 2.95. The van der Waals surface area contributed by atoms with Crippen molar-refractivity contribution in [2.75, 3.05) is 30.4 Å². The fraction of sp³-hybridized carbons (Fsp3) is 0.545. The summed E-state index contributed by atoms with van der Waals surface area (Å²) >= 11 is 0. The smallest absolute Gasteiger partial charge is 0.151 e. The highest BCUT2D eigenvalue weighted by Gasteiger charge is 2.20. The second kappa shape index (κ2) is 4.47. The number of nitrogens with two attached hydrogens (primary N) is 1. The van der Waals surface area contributed by atoms with Crippen LogP contribution in [0.5, 0.6) is 0 Å². The number of nitrogens with zero attached hydrogens (tertiary/aromatic N) is 2. The van der Waals surface area contributed by atoms with Gasteiger partial charge in [-0.25, -0.2) is 4.98 Å². The molecule has 4 heteroatoms. The van der Waals surface area contributed by atoms with Crippen molar-refractivity contribution in [1.82, 2.24) is 4.98 Å². The van der Waals surface area contributed by atoms with Gasteiger partial charge >= 0.3 is 0 Å². The summed E-state index contributed by atoms with van der Waals surface area (Å²) in [7, 11) is 0. The van der Waals surface area contributed by atoms with E-state index in [0.29, 0.717) is 5.69 Å². The summed E-state index contributed by atoms with van der Waals surface area (Å²) in [6, 6.07) is 3.68. The summed E-state index contributed by atoms with van der Waals surface area (Å²) in [5.74, 6) is 1.07. The first-order valence-corrected chi connectivity index (χ1v) is 5.32. The van der Waals surface area contributed by atoms with Gasteiger partial charge in [0.1, 0.15) is 0 Å². The van der Waals surface area contributed by atoms with Gasteiger partial charge in [0, 0.05) is 19.3 Å². The molecular weight excluding hydrogens is 193 g/mol. The Morgan fingerprint density at radius 2 is 2.20 bits per heavy atom. The molecule has 0 spiro atoms. The SMILES string of the molecule is Nc1cccnc1N1CCC(CF)CC1. The lowest BCUT2D eigenvalue weighted by Gasteiger charge is -2.32. The second-order valence-corrected chi connectivity index (χ2v) is 4.00. The minimum Gasteiger partial charge on any atom is -0.396 e. The number of rotatable bonds is 2. The van der Waals surface area contributed by atoms with E-state index in [9.17, 15) is 4.39 Å². The highest BCUT2D eigenvalue weighted by atomic mass is 19.1. The zero-order valence-electron chi connectivity index (χ0n) is 8.69. The molecule has 0 saturated carbocycles. The molecule has 0 unspecified atom stereocenters. The molecule has 2 heterocycles. The Kier molecular flexibility index (Phi) is 3.04. The van der Waals surface area contributed by atoms with Gasteiger partial charge in [0.2, 0.25) is 0 Å². The number of anilines is 2. The quantitative estimate of drug-likeness (QED) is 0.808. The maximum atomic E-state index is 12.4. The monoisotopic (exact) mass is 209 g/mol. The van der Waals surface area contributed by atoms with E-state index in [1.165, 1.54) is 0 Å². The summed E-state index contributed by atoms with van der Waals surface area (Å²) in [6.07, 6.45) is 3.53. The molecule has 1 aliphatic heterocycles. The fourth-order valence-electron chi connectivity index (χ4n) is 1.97. The molecule has 0 amide bonds. The number of alkyl halides is 1. The van der Waals surface area contributed by atoms with Crippen molar-refractivity contribution in [3.05, 3.63) is 18.3 Å². The second-order valence-electron chi connectivity index (χ2n) is 4.00. The minimum atomic E-state index is -0.203. The van der Waals surface area contributed by atoms with Crippen molar-refractivity contribution in [2.24, 2.45) is 5.92 Å². The lowest BCUT2D eigenvalue weighted by atomic mass is 9.98. The van der Waals surface area contributed by atoms with E-state index < -0.39 is 0 Å². The van der Waals surface area contributed by atoms with Crippen molar-refractivity contribution in [3.63, 3.8) is 0 Å². The van der Waals surface area contributed by atoms with E-state index in [-0.39, 0.29) is 12.6 Å². The molecule has 0 aliphatic carbocycles. The van der Waals surface area contributed by atoms with Crippen LogP contribution in [0.4, 0.5) is 15.9 Å². The van der Waals surface area contributed by atoms with Crippen LogP contribution < -0.4 is 10.6 Å². The summed E-state index contributed by atoms with van der Waals surface area (Å²) in [4.78, 5) is 6.40. The first kappa shape index (κ1) is 10.2. The Bertz CT molecular complexity index is 321. The molecule has 82 valence electrons. The third-order valence-corrected chi connectivity index (χ3v) is 2.95. The van der Waals surface area contributed by atoms with Gasteiger partial charge in [-0.15, -0.1) is 0 Å². The van der Waals surface area contributed by atoms with Gasteiger partial charge < -0.3 is 10.6 Å². The summed E-state index contributed by atoms with van der Waals surface area (Å²) in [5, 5.41) is 0. The van der Waals surface area contributed by atoms with Crippen molar-refractivity contribution < 1.29 is 4.39 Å². The van der Waals surface area contributed by atoms with Crippen LogP contribution in [0.1, 0.15) is 12.8 Å². The summed E-state index contributed by atoms with van der Waals surface area (Å²) in [6.45, 7) is 1.51. The number of pyridine rings is 1. The molecular formula is C11H16FN3. The molecule has 2 N–H and O–H groups in total. The molecule has 0 aromatic carbocycles. The predicted octanol–water partition coefficient (Wildman–Crippen LogP) is 1.85. The van der Waals surface area contributed by atoms with Crippen LogP contribution in [0.3, 0.4) is 0 Å². The molecule has 1 aliphatic rings. The predicted molar refractivity (Wildman–Crippen MR) is 59.6 cm³/mol. The van der Waals surface area contributed by atoms with Crippen molar-refractivity contribution in [2.45, 2.75) is 12.8 Å². The first-order chi connectivity index (χ1) is 7.31. The lowest BCUT2D eigenvalue weighted by molar-refractivity contribution is 0.307. The van der Waals surface area contributed by atoms with Gasteiger partial charge in [-0.1, -0.05) is 0 Å². The number of halogens is 1. The van der Waals surface area contributed by atoms with Gasteiger partial charge in [0.25, 0.3) is 0 Å². The number of piperidine rings is 1. The van der Waals surface area contributed by atoms with Gasteiger partial charge in [-0.2, -0.15) is 0 Å². The van der Waals surface area contributed by atoms with Crippen molar-refractivity contribution in [3.8, 4) is 0 Å². The van der Waals surface area contributed by atoms with Gasteiger partial charge in [0.15, 0.2) is 5.82 Å².